The van der Waals surface area contributed by atoms with Crippen LogP contribution in [0.25, 0.3) is 0 Å². The van der Waals surface area contributed by atoms with Crippen molar-refractivity contribution < 1.29 is 23.8 Å². The molecule has 1 unspecified atom stereocenters. The number of thioether (sulfide) groups is 1. The van der Waals surface area contributed by atoms with Crippen LogP contribution in [0.2, 0.25) is 0 Å². The van der Waals surface area contributed by atoms with Crippen molar-refractivity contribution in [1.82, 2.24) is 4.90 Å². The minimum atomic E-state index is -0.218. The van der Waals surface area contributed by atoms with Crippen molar-refractivity contribution in [3.8, 4) is 11.5 Å². The van der Waals surface area contributed by atoms with Gasteiger partial charge in [-0.1, -0.05) is 36.0 Å². The summed E-state index contributed by atoms with van der Waals surface area (Å²) in [4.78, 5) is 26.6. The molecular weight excluding hydrogens is 426 g/mol. The van der Waals surface area contributed by atoms with Gasteiger partial charge in [-0.05, 0) is 48.6 Å². The van der Waals surface area contributed by atoms with Gasteiger partial charge >= 0.3 is 0 Å². The Labute approximate surface area is 193 Å². The van der Waals surface area contributed by atoms with Crippen LogP contribution in [0.3, 0.4) is 0 Å². The van der Waals surface area contributed by atoms with Crippen LogP contribution in [0.4, 0.5) is 0 Å². The van der Waals surface area contributed by atoms with Crippen LogP contribution >= 0.6 is 11.8 Å². The molecule has 7 heteroatoms. The SMILES string of the molecule is COc1cc(CCC(C)=O)ccc1OCC1CN(C(=O)C=CSc2ccccc2)CCO1. The fraction of sp³-hybridized carbons (Fsp3) is 0.360. The van der Waals surface area contributed by atoms with E-state index in [0.29, 0.717) is 50.6 Å². The maximum atomic E-state index is 12.5. The number of nitrogens with zero attached hydrogens (tertiary/aromatic N) is 1. The molecule has 0 bridgehead atoms. The summed E-state index contributed by atoms with van der Waals surface area (Å²) in [6.45, 7) is 3.41. The third kappa shape index (κ3) is 7.43. The van der Waals surface area contributed by atoms with E-state index in [1.54, 1.807) is 25.0 Å². The number of carbonyl (C=O) groups is 2. The molecule has 6 nitrogen and oxygen atoms in total. The molecule has 1 atom stereocenters. The number of Topliss-reactive ketones (excluding diaryl/α,β-unsaturated/α-hetero) is 1. The number of carbonyl (C=O) groups excluding carboxylic acids is 2. The fourth-order valence-electron chi connectivity index (χ4n) is 3.29. The highest BCUT2D eigenvalue weighted by Gasteiger charge is 2.24. The summed E-state index contributed by atoms with van der Waals surface area (Å²) in [5, 5.41) is 1.82. The monoisotopic (exact) mass is 455 g/mol. The number of hydrogen-bond acceptors (Lipinski definition) is 6. The Morgan fingerprint density at radius 1 is 1.19 bits per heavy atom. The molecule has 3 rings (SSSR count). The molecule has 170 valence electrons. The van der Waals surface area contributed by atoms with Gasteiger partial charge in [-0.15, -0.1) is 0 Å². The minimum absolute atomic E-state index is 0.0332. The smallest absolute Gasteiger partial charge is 0.247 e. The van der Waals surface area contributed by atoms with E-state index in [4.69, 9.17) is 14.2 Å². The van der Waals surface area contributed by atoms with Crippen LogP contribution < -0.4 is 9.47 Å². The van der Waals surface area contributed by atoms with Crippen molar-refractivity contribution in [2.45, 2.75) is 30.8 Å². The van der Waals surface area contributed by atoms with Gasteiger partial charge in [0.05, 0.1) is 20.3 Å². The Hall–Kier alpha value is -2.77. The van der Waals surface area contributed by atoms with Crippen molar-refractivity contribution in [3.63, 3.8) is 0 Å². The normalized spacial score (nSPS) is 16.2. The minimum Gasteiger partial charge on any atom is -0.493 e. The number of aryl methyl sites for hydroxylation is 1. The molecule has 2 aromatic rings. The molecule has 2 aromatic carbocycles. The van der Waals surface area contributed by atoms with Crippen molar-refractivity contribution in [2.75, 3.05) is 33.4 Å². The number of amides is 1. The van der Waals surface area contributed by atoms with Crippen LogP contribution in [-0.2, 0) is 20.7 Å². The van der Waals surface area contributed by atoms with Crippen LogP contribution in [0.1, 0.15) is 18.9 Å². The molecule has 1 amide bonds. The van der Waals surface area contributed by atoms with Crippen molar-refractivity contribution in [1.29, 1.82) is 0 Å². The average Bonchev–Trinajstić information content (AvgIpc) is 2.82. The Kier molecular flexibility index (Phi) is 9.19. The summed E-state index contributed by atoms with van der Waals surface area (Å²) in [5.74, 6) is 1.36. The maximum absolute atomic E-state index is 12.5. The second-order valence-electron chi connectivity index (χ2n) is 7.51. The summed E-state index contributed by atoms with van der Waals surface area (Å²) >= 11 is 1.51. The molecule has 1 aliphatic heterocycles. The topological polar surface area (TPSA) is 65.1 Å². The molecule has 32 heavy (non-hydrogen) atoms. The van der Waals surface area contributed by atoms with E-state index < -0.39 is 0 Å². The van der Waals surface area contributed by atoms with Gasteiger partial charge in [0.15, 0.2) is 11.5 Å². The first-order valence-electron chi connectivity index (χ1n) is 10.6. The van der Waals surface area contributed by atoms with Crippen LogP contribution in [0.15, 0.2) is 64.9 Å². The number of benzene rings is 2. The lowest BCUT2D eigenvalue weighted by atomic mass is 10.1. The van der Waals surface area contributed by atoms with E-state index in [1.165, 1.54) is 11.8 Å². The average molecular weight is 456 g/mol. The zero-order chi connectivity index (χ0) is 22.8. The van der Waals surface area contributed by atoms with Gasteiger partial charge in [-0.25, -0.2) is 0 Å². The molecule has 0 saturated carbocycles. The van der Waals surface area contributed by atoms with Gasteiger partial charge in [-0.2, -0.15) is 0 Å². The Bertz CT molecular complexity index is 931. The fourth-order valence-corrected chi connectivity index (χ4v) is 3.94. The molecule has 0 spiro atoms. The molecule has 0 aliphatic carbocycles. The van der Waals surface area contributed by atoms with Gasteiger partial charge < -0.3 is 23.9 Å². The van der Waals surface area contributed by atoms with E-state index in [1.807, 2.05) is 53.9 Å². The third-order valence-electron chi connectivity index (χ3n) is 5.03. The number of ether oxygens (including phenoxy) is 3. The van der Waals surface area contributed by atoms with Crippen molar-refractivity contribution >= 4 is 23.5 Å². The number of morpholine rings is 1. The van der Waals surface area contributed by atoms with E-state index >= 15 is 0 Å². The van der Waals surface area contributed by atoms with Gasteiger partial charge in [0.2, 0.25) is 5.91 Å². The zero-order valence-corrected chi connectivity index (χ0v) is 19.3. The Morgan fingerprint density at radius 3 is 2.75 bits per heavy atom. The highest BCUT2D eigenvalue weighted by atomic mass is 32.2. The standard InChI is InChI=1S/C25H29NO5S/c1-19(27)8-9-20-10-11-23(24(16-20)29-2)31-18-21-17-26(13-14-30-21)25(28)12-15-32-22-6-4-3-5-7-22/h3-7,10-12,15-16,21H,8-9,13-14,17-18H2,1-2H3. The Balaban J connectivity index is 1.50. The van der Waals surface area contributed by atoms with Crippen LogP contribution in [0, 0.1) is 0 Å². The van der Waals surface area contributed by atoms with E-state index in [-0.39, 0.29) is 17.8 Å². The predicted octanol–water partition coefficient (Wildman–Crippen LogP) is 4.13. The van der Waals surface area contributed by atoms with Gasteiger partial charge in [-0.3, -0.25) is 4.79 Å². The van der Waals surface area contributed by atoms with E-state index in [0.717, 1.165) is 10.5 Å². The zero-order valence-electron chi connectivity index (χ0n) is 18.5. The number of rotatable bonds is 10. The summed E-state index contributed by atoms with van der Waals surface area (Å²) < 4.78 is 17.2. The summed E-state index contributed by atoms with van der Waals surface area (Å²) in [7, 11) is 1.59. The highest BCUT2D eigenvalue weighted by molar-refractivity contribution is 8.02. The van der Waals surface area contributed by atoms with Crippen LogP contribution in [-0.4, -0.2) is 56.1 Å². The first-order chi connectivity index (χ1) is 15.5. The first kappa shape index (κ1) is 23.9. The predicted molar refractivity (Wildman–Crippen MR) is 125 cm³/mol. The molecule has 0 N–H and O–H groups in total. The molecule has 1 aliphatic rings. The van der Waals surface area contributed by atoms with E-state index in [9.17, 15) is 9.59 Å². The lowest BCUT2D eigenvalue weighted by Crippen LogP contribution is -2.47. The second kappa shape index (κ2) is 12.3. The van der Waals surface area contributed by atoms with Crippen LogP contribution in [0.5, 0.6) is 11.5 Å². The summed E-state index contributed by atoms with van der Waals surface area (Å²) in [6, 6.07) is 15.6. The first-order valence-corrected chi connectivity index (χ1v) is 11.5. The van der Waals surface area contributed by atoms with E-state index in [2.05, 4.69) is 0 Å². The lowest BCUT2D eigenvalue weighted by Gasteiger charge is -2.32. The molecule has 1 fully saturated rings. The highest BCUT2D eigenvalue weighted by Crippen LogP contribution is 2.29. The molecular formula is C25H29NO5S. The molecule has 0 radical (unpaired) electrons. The van der Waals surface area contributed by atoms with Gasteiger partial charge in [0.25, 0.3) is 0 Å². The largest absolute Gasteiger partial charge is 0.493 e. The van der Waals surface area contributed by atoms with Gasteiger partial charge in [0.1, 0.15) is 18.5 Å². The number of methoxy groups -OCH3 is 1. The second-order valence-corrected chi connectivity index (χ2v) is 8.49. The lowest BCUT2D eigenvalue weighted by molar-refractivity contribution is -0.134. The summed E-state index contributed by atoms with van der Waals surface area (Å²) in [6.07, 6.45) is 2.56. The molecule has 0 aromatic heterocycles. The molecule has 1 saturated heterocycles. The Morgan fingerprint density at radius 2 is 2.00 bits per heavy atom. The quantitative estimate of drug-likeness (QED) is 0.397. The van der Waals surface area contributed by atoms with Crippen molar-refractivity contribution in [2.24, 2.45) is 0 Å². The van der Waals surface area contributed by atoms with Crippen molar-refractivity contribution in [3.05, 3.63) is 65.6 Å². The number of hydrogen-bond donors (Lipinski definition) is 0. The molecule has 1 heterocycles. The maximum Gasteiger partial charge on any atom is 0.247 e. The summed E-state index contributed by atoms with van der Waals surface area (Å²) in [5.41, 5.74) is 1.02. The number of ketones is 1. The van der Waals surface area contributed by atoms with Gasteiger partial charge in [0, 0.05) is 23.9 Å². The third-order valence-corrected chi connectivity index (χ3v) is 5.84.